The molecule has 0 aliphatic carbocycles. The Bertz CT molecular complexity index is 765. The van der Waals surface area contributed by atoms with E-state index in [0.29, 0.717) is 6.54 Å². The highest BCUT2D eigenvalue weighted by molar-refractivity contribution is 7.12. The highest BCUT2D eigenvalue weighted by Gasteiger charge is 2.16. The lowest BCUT2D eigenvalue weighted by molar-refractivity contribution is 0.0505. The van der Waals surface area contributed by atoms with Crippen LogP contribution in [0.5, 0.6) is 0 Å². The number of thiophene rings is 1. The maximum atomic E-state index is 11.7. The van der Waals surface area contributed by atoms with Gasteiger partial charge in [0.05, 0.1) is 10.7 Å². The van der Waals surface area contributed by atoms with Gasteiger partial charge in [-0.3, -0.25) is 0 Å². The fourth-order valence-corrected chi connectivity index (χ4v) is 3.88. The molecule has 3 amide bonds. The maximum absolute atomic E-state index is 11.7. The maximum Gasteiger partial charge on any atom is 0.426 e. The first-order valence-electron chi connectivity index (χ1n) is 8.73. The van der Waals surface area contributed by atoms with Crippen LogP contribution in [0.3, 0.4) is 0 Å². The van der Waals surface area contributed by atoms with Crippen molar-refractivity contribution in [1.82, 2.24) is 21.2 Å². The van der Waals surface area contributed by atoms with Crippen LogP contribution in [0, 0.1) is 6.92 Å². The van der Waals surface area contributed by atoms with Crippen molar-refractivity contribution < 1.29 is 14.3 Å². The first-order chi connectivity index (χ1) is 12.7. The van der Waals surface area contributed by atoms with E-state index in [9.17, 15) is 9.59 Å². The topological polar surface area (TPSA) is 92.4 Å². The number of hydrazine groups is 1. The summed E-state index contributed by atoms with van der Waals surface area (Å²) in [5.41, 5.74) is 4.99. The lowest BCUT2D eigenvalue weighted by Crippen LogP contribution is -2.48. The van der Waals surface area contributed by atoms with Gasteiger partial charge in [-0.2, -0.15) is 0 Å². The van der Waals surface area contributed by atoms with Gasteiger partial charge in [-0.25, -0.2) is 25.4 Å². The third-order valence-electron chi connectivity index (χ3n) is 3.35. The highest BCUT2D eigenvalue weighted by atomic mass is 32.1. The summed E-state index contributed by atoms with van der Waals surface area (Å²) in [4.78, 5) is 30.1. The minimum Gasteiger partial charge on any atom is -0.443 e. The van der Waals surface area contributed by atoms with E-state index in [4.69, 9.17) is 4.74 Å². The van der Waals surface area contributed by atoms with E-state index in [2.05, 4.69) is 38.7 Å². The van der Waals surface area contributed by atoms with Crippen molar-refractivity contribution >= 4 is 34.8 Å². The molecule has 0 bridgehead atoms. The SMILES string of the molecule is Cc1nc(CCc2ccc(CCNC(=O)NNC(=O)OC(C)(C)C)s2)cs1. The number of thiazole rings is 1. The standard InChI is InChI=1S/C18H26N4O3S2/c1-12-20-13(11-26-12)5-6-14-7-8-15(27-14)9-10-19-16(23)21-22-17(24)25-18(2,3)4/h7-8,11H,5-6,9-10H2,1-4H3,(H,22,24)(H2,19,21,23). The molecule has 0 aromatic carbocycles. The molecule has 0 spiro atoms. The van der Waals surface area contributed by atoms with Gasteiger partial charge >= 0.3 is 12.1 Å². The second-order valence-electron chi connectivity index (χ2n) is 6.98. The number of aryl methyl sites for hydroxylation is 3. The number of nitrogens with zero attached hydrogens (tertiary/aromatic N) is 1. The van der Waals surface area contributed by atoms with Crippen LogP contribution in [-0.4, -0.2) is 29.3 Å². The molecule has 0 aliphatic rings. The summed E-state index contributed by atoms with van der Waals surface area (Å²) < 4.78 is 5.03. The number of ether oxygens (including phenoxy) is 1. The lowest BCUT2D eigenvalue weighted by atomic mass is 10.2. The quantitative estimate of drug-likeness (QED) is 0.635. The van der Waals surface area contributed by atoms with Crippen LogP contribution >= 0.6 is 22.7 Å². The predicted molar refractivity (Wildman–Crippen MR) is 108 cm³/mol. The number of carbonyl (C=O) groups excluding carboxylic acids is 2. The Labute approximate surface area is 167 Å². The van der Waals surface area contributed by atoms with Crippen molar-refractivity contribution in [1.29, 1.82) is 0 Å². The number of hydrogen-bond acceptors (Lipinski definition) is 6. The van der Waals surface area contributed by atoms with E-state index in [0.717, 1.165) is 30.0 Å². The fraction of sp³-hybridized carbons (Fsp3) is 0.500. The van der Waals surface area contributed by atoms with Crippen LogP contribution in [0.2, 0.25) is 0 Å². The number of urea groups is 1. The Morgan fingerprint density at radius 1 is 1.11 bits per heavy atom. The van der Waals surface area contributed by atoms with Gasteiger partial charge in [0.25, 0.3) is 0 Å². The Hall–Kier alpha value is -2.13. The minimum atomic E-state index is -0.698. The Morgan fingerprint density at radius 3 is 2.44 bits per heavy atom. The molecule has 9 heteroatoms. The van der Waals surface area contributed by atoms with Crippen LogP contribution in [0.4, 0.5) is 9.59 Å². The number of amides is 3. The van der Waals surface area contributed by atoms with Crippen LogP contribution in [-0.2, 0) is 24.0 Å². The van der Waals surface area contributed by atoms with Gasteiger partial charge in [0.2, 0.25) is 0 Å². The number of hydrogen-bond donors (Lipinski definition) is 3. The number of carbonyl (C=O) groups is 2. The predicted octanol–water partition coefficient (Wildman–Crippen LogP) is 3.58. The summed E-state index contributed by atoms with van der Waals surface area (Å²) in [5.74, 6) is 0. The molecule has 2 aromatic heterocycles. The molecule has 0 saturated heterocycles. The van der Waals surface area contributed by atoms with Crippen LogP contribution in [0.25, 0.3) is 0 Å². The second-order valence-corrected chi connectivity index (χ2v) is 9.30. The van der Waals surface area contributed by atoms with Crippen molar-refractivity contribution in [2.45, 2.75) is 52.6 Å². The molecule has 0 aliphatic heterocycles. The normalized spacial score (nSPS) is 11.1. The van der Waals surface area contributed by atoms with Gasteiger partial charge in [0.1, 0.15) is 5.60 Å². The molecule has 148 valence electrons. The average Bonchev–Trinajstić information content (AvgIpc) is 3.18. The molecule has 0 radical (unpaired) electrons. The van der Waals surface area contributed by atoms with E-state index in [1.165, 1.54) is 9.75 Å². The van der Waals surface area contributed by atoms with E-state index in [-0.39, 0.29) is 0 Å². The summed E-state index contributed by atoms with van der Waals surface area (Å²) in [5, 5.41) is 5.91. The van der Waals surface area contributed by atoms with Crippen molar-refractivity contribution in [2.75, 3.05) is 6.54 Å². The van der Waals surface area contributed by atoms with Gasteiger partial charge < -0.3 is 10.1 Å². The van der Waals surface area contributed by atoms with Gasteiger partial charge in [-0.15, -0.1) is 22.7 Å². The molecule has 27 heavy (non-hydrogen) atoms. The van der Waals surface area contributed by atoms with Crippen LogP contribution in [0.1, 0.15) is 41.2 Å². The lowest BCUT2D eigenvalue weighted by Gasteiger charge is -2.19. The van der Waals surface area contributed by atoms with Gasteiger partial charge in [-0.05, 0) is 59.1 Å². The summed E-state index contributed by atoms with van der Waals surface area (Å²) >= 11 is 3.43. The molecule has 0 fully saturated rings. The van der Waals surface area contributed by atoms with E-state index in [1.807, 2.05) is 6.92 Å². The van der Waals surface area contributed by atoms with Crippen LogP contribution < -0.4 is 16.2 Å². The third-order valence-corrected chi connectivity index (χ3v) is 5.37. The molecule has 2 heterocycles. The van der Waals surface area contributed by atoms with E-state index >= 15 is 0 Å². The Kier molecular flexibility index (Phi) is 7.61. The summed E-state index contributed by atoms with van der Waals surface area (Å²) in [7, 11) is 0. The van der Waals surface area contributed by atoms with E-state index in [1.54, 1.807) is 43.4 Å². The number of aromatic nitrogens is 1. The van der Waals surface area contributed by atoms with Crippen LogP contribution in [0.15, 0.2) is 17.5 Å². The molecule has 3 N–H and O–H groups in total. The summed E-state index contributed by atoms with van der Waals surface area (Å²) in [6, 6.07) is 3.74. The number of rotatable bonds is 6. The van der Waals surface area contributed by atoms with Gasteiger partial charge in [0, 0.05) is 21.7 Å². The highest BCUT2D eigenvalue weighted by Crippen LogP contribution is 2.19. The Balaban J connectivity index is 1.63. The molecular formula is C18H26N4O3S2. The monoisotopic (exact) mass is 410 g/mol. The average molecular weight is 411 g/mol. The fourth-order valence-electron chi connectivity index (χ4n) is 2.22. The molecule has 2 aromatic rings. The van der Waals surface area contributed by atoms with Crippen molar-refractivity contribution in [2.24, 2.45) is 0 Å². The largest absolute Gasteiger partial charge is 0.443 e. The molecule has 2 rings (SSSR count). The molecule has 0 atom stereocenters. The first-order valence-corrected chi connectivity index (χ1v) is 10.4. The molecule has 0 saturated carbocycles. The zero-order valence-corrected chi connectivity index (χ0v) is 17.7. The minimum absolute atomic E-state index is 0.475. The smallest absolute Gasteiger partial charge is 0.426 e. The van der Waals surface area contributed by atoms with Crippen molar-refractivity contribution in [3.05, 3.63) is 38.0 Å². The zero-order valence-electron chi connectivity index (χ0n) is 16.0. The summed E-state index contributed by atoms with van der Waals surface area (Å²) in [6.07, 6.45) is 1.96. The van der Waals surface area contributed by atoms with E-state index < -0.39 is 17.7 Å². The molecule has 0 unspecified atom stereocenters. The third kappa shape index (κ3) is 8.40. The zero-order chi connectivity index (χ0) is 19.9. The second kappa shape index (κ2) is 9.70. The summed E-state index contributed by atoms with van der Waals surface area (Å²) in [6.45, 7) is 7.75. The Morgan fingerprint density at radius 2 is 1.81 bits per heavy atom. The number of nitrogens with one attached hydrogen (secondary N) is 3. The molecular weight excluding hydrogens is 384 g/mol. The van der Waals surface area contributed by atoms with Crippen molar-refractivity contribution in [3.8, 4) is 0 Å². The first kappa shape index (κ1) is 21.2. The van der Waals surface area contributed by atoms with Crippen molar-refractivity contribution in [3.63, 3.8) is 0 Å². The molecule has 7 nitrogen and oxygen atoms in total. The van der Waals surface area contributed by atoms with Gasteiger partial charge in [0.15, 0.2) is 0 Å². The van der Waals surface area contributed by atoms with Gasteiger partial charge in [-0.1, -0.05) is 0 Å².